The fourth-order valence-electron chi connectivity index (χ4n) is 4.26. The van der Waals surface area contributed by atoms with Crippen LogP contribution in [0.3, 0.4) is 0 Å². The summed E-state index contributed by atoms with van der Waals surface area (Å²) in [5.41, 5.74) is 4.36. The van der Waals surface area contributed by atoms with Gasteiger partial charge in [0.25, 0.3) is 0 Å². The van der Waals surface area contributed by atoms with Gasteiger partial charge in [0.2, 0.25) is 5.60 Å². The summed E-state index contributed by atoms with van der Waals surface area (Å²) in [5.74, 6) is 2.41. The van der Waals surface area contributed by atoms with Gasteiger partial charge in [-0.05, 0) is 26.3 Å². The van der Waals surface area contributed by atoms with Gasteiger partial charge in [-0.15, -0.1) is 6.42 Å². The van der Waals surface area contributed by atoms with E-state index >= 15 is 0 Å². The number of anilines is 1. The lowest BCUT2D eigenvalue weighted by molar-refractivity contribution is -0.166. The number of allylic oxidation sites excluding steroid dienone is 1. The number of aliphatic hydroxyl groups is 1. The van der Waals surface area contributed by atoms with Gasteiger partial charge in [0, 0.05) is 19.7 Å². The van der Waals surface area contributed by atoms with Gasteiger partial charge in [-0.1, -0.05) is 42.3 Å². The number of carbonyl (C=O) groups is 1. The Morgan fingerprint density at radius 3 is 2.64 bits per heavy atom. The number of aromatic nitrogens is 4. The van der Waals surface area contributed by atoms with Gasteiger partial charge in [-0.25, -0.2) is 19.7 Å². The Morgan fingerprint density at radius 1 is 1.33 bits per heavy atom. The topological polar surface area (TPSA) is 147 Å². The summed E-state index contributed by atoms with van der Waals surface area (Å²) in [6.07, 6.45) is 9.56. The summed E-state index contributed by atoms with van der Waals surface area (Å²) in [5, 5.41) is 11.6. The highest BCUT2D eigenvalue weighted by atomic mass is 127. The molecule has 0 bridgehead atoms. The van der Waals surface area contributed by atoms with Gasteiger partial charge < -0.3 is 27.9 Å². The van der Waals surface area contributed by atoms with E-state index in [4.69, 9.17) is 24.7 Å². The second-order valence-electron chi connectivity index (χ2n) is 8.72. The van der Waals surface area contributed by atoms with Crippen LogP contribution >= 0.6 is 23.0 Å². The molecule has 3 aromatic rings. The largest absolute Gasteiger partial charge is 0.392 e. The summed E-state index contributed by atoms with van der Waals surface area (Å²) in [7, 11) is 1.39. The predicted octanol–water partition coefficient (Wildman–Crippen LogP) is 2.98. The number of rotatable bonds is 12. The average molecular weight is 646 g/mol. The predicted molar refractivity (Wildman–Crippen MR) is 156 cm³/mol. The normalized spacial score (nSPS) is 16.0. The second kappa shape index (κ2) is 13.1. The first-order valence-electron chi connectivity index (χ1n) is 12.0. The minimum Gasteiger partial charge on any atom is -0.392 e. The number of aryl methyl sites for hydroxylation is 1. The third-order valence-corrected chi connectivity index (χ3v) is 6.61. The van der Waals surface area contributed by atoms with Crippen LogP contribution in [0, 0.1) is 19.3 Å². The van der Waals surface area contributed by atoms with Crippen molar-refractivity contribution in [2.45, 2.75) is 51.0 Å². The molecule has 0 fully saturated rings. The Hall–Kier alpha value is -3.38. The van der Waals surface area contributed by atoms with Gasteiger partial charge in [0.1, 0.15) is 17.4 Å². The zero-order valence-electron chi connectivity index (χ0n) is 22.2. The van der Waals surface area contributed by atoms with Crippen LogP contribution in [-0.2, 0) is 30.3 Å². The van der Waals surface area contributed by atoms with Crippen molar-refractivity contribution in [1.29, 1.82) is 0 Å². The van der Waals surface area contributed by atoms with Gasteiger partial charge in [0.05, 0.1) is 25.2 Å². The number of hydrogen-bond donors (Lipinski definition) is 2. The molecule has 0 aliphatic rings. The molecular weight excluding hydrogens is 615 g/mol. The number of nitrogen functional groups attached to an aromatic ring is 1. The summed E-state index contributed by atoms with van der Waals surface area (Å²) >= 11 is 1.52. The van der Waals surface area contributed by atoms with Gasteiger partial charge in [0.15, 0.2) is 40.1 Å². The number of imidazole rings is 1. The Labute approximate surface area is 241 Å². The number of hydrogen-bond acceptors (Lipinski definition) is 10. The van der Waals surface area contributed by atoms with Crippen LogP contribution in [0.4, 0.5) is 5.82 Å². The Kier molecular flexibility index (Phi) is 10.1. The second-order valence-corrected chi connectivity index (χ2v) is 9.16. The molecule has 3 rings (SSSR count). The molecular formula is C27H31IN6O5. The molecule has 12 heteroatoms. The third kappa shape index (κ3) is 6.44. The molecule has 0 aliphatic heterocycles. The van der Waals surface area contributed by atoms with Crippen molar-refractivity contribution in [3.63, 3.8) is 0 Å². The standard InChI is InChI=1S/C27H31IN6O5/c1-6-20(30-8-3)27(25(35)39-28,14-19-12-10-9-11-13-19)38-15-21(37-5)26(36,7-2)16-34-17-31-22-23(29)32-18(4)33-24(22)34/h2,6,8-13,17,21,36H,14-16H2,1,3-5H3,(H2,29,32,33)/b20-6-,30-8?. The van der Waals surface area contributed by atoms with Crippen LogP contribution in [0.1, 0.15) is 25.2 Å². The van der Waals surface area contributed by atoms with Crippen molar-refractivity contribution < 1.29 is 22.4 Å². The van der Waals surface area contributed by atoms with E-state index in [1.165, 1.54) is 36.4 Å². The molecule has 11 nitrogen and oxygen atoms in total. The molecule has 2 heterocycles. The Morgan fingerprint density at radius 2 is 2.05 bits per heavy atom. The maximum absolute atomic E-state index is 13.3. The number of terminal acetylenes is 1. The van der Waals surface area contributed by atoms with Crippen LogP contribution in [0.2, 0.25) is 0 Å². The Balaban J connectivity index is 2.00. The van der Waals surface area contributed by atoms with Crippen LogP contribution < -0.4 is 5.73 Å². The molecule has 206 valence electrons. The molecule has 0 aliphatic carbocycles. The molecule has 0 radical (unpaired) electrons. The lowest BCUT2D eigenvalue weighted by Crippen LogP contribution is -2.52. The first-order valence-corrected chi connectivity index (χ1v) is 12.9. The maximum Gasteiger partial charge on any atom is 0.354 e. The molecule has 3 unspecified atom stereocenters. The fraction of sp³-hybridized carbons (Fsp3) is 0.370. The highest BCUT2D eigenvalue weighted by Crippen LogP contribution is 2.32. The van der Waals surface area contributed by atoms with E-state index < -0.39 is 23.3 Å². The van der Waals surface area contributed by atoms with Crippen LogP contribution in [0.25, 0.3) is 11.2 Å². The van der Waals surface area contributed by atoms with E-state index in [-0.39, 0.29) is 25.4 Å². The zero-order chi connectivity index (χ0) is 28.6. The average Bonchev–Trinajstić information content (AvgIpc) is 3.33. The summed E-state index contributed by atoms with van der Waals surface area (Å²) in [6.45, 7) is 4.74. The minimum absolute atomic E-state index is 0.110. The number of benzene rings is 1. The number of methoxy groups -OCH3 is 1. The molecule has 0 saturated carbocycles. The number of ether oxygens (including phenoxy) is 2. The van der Waals surface area contributed by atoms with Gasteiger partial charge >= 0.3 is 5.97 Å². The van der Waals surface area contributed by atoms with E-state index in [1.807, 2.05) is 30.3 Å². The number of carbonyl (C=O) groups excluding carboxylic acids is 1. The lowest BCUT2D eigenvalue weighted by atomic mass is 9.90. The zero-order valence-corrected chi connectivity index (χ0v) is 24.3. The summed E-state index contributed by atoms with van der Waals surface area (Å²) < 4.78 is 18.7. The number of nitrogens with two attached hydrogens (primary N) is 1. The first-order chi connectivity index (χ1) is 18.7. The van der Waals surface area contributed by atoms with Crippen molar-refractivity contribution in [3.8, 4) is 12.3 Å². The fourth-order valence-corrected chi connectivity index (χ4v) is 4.62. The van der Waals surface area contributed by atoms with E-state index in [0.717, 1.165) is 5.56 Å². The molecule has 0 saturated heterocycles. The van der Waals surface area contributed by atoms with Gasteiger partial charge in [-0.2, -0.15) is 0 Å². The van der Waals surface area contributed by atoms with E-state index in [1.54, 1.807) is 37.6 Å². The third-order valence-electron chi connectivity index (χ3n) is 6.21. The SMILES string of the molecule is C#CC(O)(Cn1cnc2c(N)nc(C)nc21)C(COC(Cc1ccccc1)(C(=O)OI)/C(=C/C)N=CC)OC. The molecule has 3 atom stereocenters. The summed E-state index contributed by atoms with van der Waals surface area (Å²) in [4.78, 5) is 30.5. The van der Waals surface area contributed by atoms with Crippen LogP contribution in [0.5, 0.6) is 0 Å². The van der Waals surface area contributed by atoms with Crippen LogP contribution in [-0.4, -0.2) is 67.8 Å². The molecule has 1 aromatic carbocycles. The molecule has 3 N–H and O–H groups in total. The molecule has 0 spiro atoms. The lowest BCUT2D eigenvalue weighted by Gasteiger charge is -2.36. The van der Waals surface area contributed by atoms with Crippen molar-refractivity contribution in [3.05, 3.63) is 59.8 Å². The van der Waals surface area contributed by atoms with Crippen LogP contribution in [0.15, 0.2) is 53.4 Å². The summed E-state index contributed by atoms with van der Waals surface area (Å²) in [6, 6.07) is 9.32. The number of fused-ring (bicyclic) bond motifs is 1. The number of nitrogens with zero attached hydrogens (tertiary/aromatic N) is 5. The monoisotopic (exact) mass is 646 g/mol. The van der Waals surface area contributed by atoms with E-state index in [9.17, 15) is 9.90 Å². The highest BCUT2D eigenvalue weighted by molar-refractivity contribution is 14.1. The van der Waals surface area contributed by atoms with E-state index in [2.05, 4.69) is 25.9 Å². The molecule has 2 aromatic heterocycles. The maximum atomic E-state index is 13.3. The van der Waals surface area contributed by atoms with Crippen molar-refractivity contribution in [1.82, 2.24) is 19.5 Å². The minimum atomic E-state index is -1.90. The highest BCUT2D eigenvalue weighted by Gasteiger charge is 2.48. The van der Waals surface area contributed by atoms with Crippen molar-refractivity contribution in [2.24, 2.45) is 4.99 Å². The molecule has 0 amide bonds. The first kappa shape index (κ1) is 30.2. The van der Waals surface area contributed by atoms with E-state index in [0.29, 0.717) is 22.7 Å². The number of halogens is 1. The number of aliphatic imine (C=N–C) groups is 1. The molecule has 39 heavy (non-hydrogen) atoms. The van der Waals surface area contributed by atoms with Gasteiger partial charge in [-0.3, -0.25) is 4.99 Å². The van der Waals surface area contributed by atoms with Crippen molar-refractivity contribution in [2.75, 3.05) is 19.5 Å². The Bertz CT molecular complexity index is 1400. The quantitative estimate of drug-likeness (QED) is 0.172. The smallest absolute Gasteiger partial charge is 0.354 e. The van der Waals surface area contributed by atoms with Crippen molar-refractivity contribution >= 4 is 52.2 Å².